The number of halogens is 1. The van der Waals surface area contributed by atoms with Gasteiger partial charge in [0.2, 0.25) is 0 Å². The van der Waals surface area contributed by atoms with Crippen LogP contribution in [0.2, 0.25) is 0 Å². The van der Waals surface area contributed by atoms with Crippen molar-refractivity contribution in [3.05, 3.63) is 35.6 Å². The molecule has 2 heteroatoms. The molecule has 1 fully saturated rings. The first-order valence-corrected chi connectivity index (χ1v) is 5.28. The van der Waals surface area contributed by atoms with Crippen LogP contribution < -0.4 is 0 Å². The van der Waals surface area contributed by atoms with E-state index in [0.717, 1.165) is 12.0 Å². The van der Waals surface area contributed by atoms with Crippen LogP contribution in [0.15, 0.2) is 24.3 Å². The van der Waals surface area contributed by atoms with Gasteiger partial charge in [0, 0.05) is 11.8 Å². The predicted molar refractivity (Wildman–Crippen MR) is 57.2 cm³/mol. The zero-order chi connectivity index (χ0) is 11.1. The van der Waals surface area contributed by atoms with E-state index in [2.05, 4.69) is 0 Å². The van der Waals surface area contributed by atoms with E-state index in [1.807, 2.05) is 13.8 Å². The van der Waals surface area contributed by atoms with E-state index in [1.165, 1.54) is 12.1 Å². The highest BCUT2D eigenvalue weighted by Gasteiger charge is 2.39. The molecule has 1 aromatic rings. The second-order valence-electron chi connectivity index (χ2n) is 4.96. The van der Waals surface area contributed by atoms with E-state index in [-0.39, 0.29) is 17.2 Å². The predicted octanol–water partition coefficient (Wildman–Crippen LogP) is 3.30. The van der Waals surface area contributed by atoms with Gasteiger partial charge in [-0.2, -0.15) is 0 Å². The normalized spacial score (nSPS) is 24.5. The average molecular weight is 206 g/mol. The number of rotatable bonds is 1. The molecule has 1 aromatic carbocycles. The van der Waals surface area contributed by atoms with Gasteiger partial charge in [-0.05, 0) is 30.0 Å². The van der Waals surface area contributed by atoms with Crippen LogP contribution in [-0.4, -0.2) is 5.78 Å². The molecule has 0 radical (unpaired) electrons. The van der Waals surface area contributed by atoms with Crippen molar-refractivity contribution in [1.82, 2.24) is 0 Å². The zero-order valence-corrected chi connectivity index (χ0v) is 9.09. The molecule has 0 amide bonds. The first-order chi connectivity index (χ1) is 6.99. The summed E-state index contributed by atoms with van der Waals surface area (Å²) in [5.41, 5.74) is 0.870. The number of benzene rings is 1. The van der Waals surface area contributed by atoms with Crippen molar-refractivity contribution in [2.24, 2.45) is 5.41 Å². The largest absolute Gasteiger partial charge is 0.299 e. The fourth-order valence-electron chi connectivity index (χ4n) is 2.27. The topological polar surface area (TPSA) is 17.1 Å². The quantitative estimate of drug-likeness (QED) is 0.689. The van der Waals surface area contributed by atoms with Gasteiger partial charge in [-0.25, -0.2) is 4.39 Å². The Labute approximate surface area is 89.3 Å². The van der Waals surface area contributed by atoms with Gasteiger partial charge in [0.25, 0.3) is 0 Å². The number of carbonyl (C=O) groups excluding carboxylic acids is 1. The molecule has 0 bridgehead atoms. The van der Waals surface area contributed by atoms with Crippen molar-refractivity contribution in [2.45, 2.75) is 32.6 Å². The Bertz CT molecular complexity index is 378. The van der Waals surface area contributed by atoms with E-state index in [9.17, 15) is 9.18 Å². The maximum atomic E-state index is 12.7. The van der Waals surface area contributed by atoms with E-state index in [0.29, 0.717) is 12.2 Å². The minimum absolute atomic E-state index is 0.209. The standard InChI is InChI=1S/C13H15FO/c1-13(2)8-10(7-12(13)15)9-3-5-11(14)6-4-9/h3-6,10H,7-8H2,1-2H3. The highest BCUT2D eigenvalue weighted by Crippen LogP contribution is 2.43. The molecule has 15 heavy (non-hydrogen) atoms. The molecule has 2 rings (SSSR count). The third kappa shape index (κ3) is 1.94. The third-order valence-corrected chi connectivity index (χ3v) is 3.28. The second-order valence-corrected chi connectivity index (χ2v) is 4.96. The number of Topliss-reactive ketones (excluding diaryl/α,β-unsaturated/α-hetero) is 1. The van der Waals surface area contributed by atoms with Crippen LogP contribution >= 0.6 is 0 Å². The van der Waals surface area contributed by atoms with Crippen LogP contribution in [0.1, 0.15) is 38.2 Å². The summed E-state index contributed by atoms with van der Waals surface area (Å²) in [5.74, 6) is 0.368. The van der Waals surface area contributed by atoms with Crippen molar-refractivity contribution in [3.63, 3.8) is 0 Å². The molecule has 80 valence electrons. The Morgan fingerprint density at radius 1 is 1.27 bits per heavy atom. The van der Waals surface area contributed by atoms with Crippen LogP contribution in [0.3, 0.4) is 0 Å². The lowest BCUT2D eigenvalue weighted by atomic mass is 9.88. The molecular formula is C13H15FO. The number of ketones is 1. The molecule has 0 aliphatic heterocycles. The molecule has 1 aliphatic rings. The maximum Gasteiger partial charge on any atom is 0.139 e. The fraction of sp³-hybridized carbons (Fsp3) is 0.462. The monoisotopic (exact) mass is 206 g/mol. The van der Waals surface area contributed by atoms with E-state index in [1.54, 1.807) is 12.1 Å². The van der Waals surface area contributed by atoms with Gasteiger partial charge in [-0.1, -0.05) is 26.0 Å². The smallest absolute Gasteiger partial charge is 0.139 e. The molecular weight excluding hydrogens is 191 g/mol. The Kier molecular flexibility index (Phi) is 2.37. The van der Waals surface area contributed by atoms with Gasteiger partial charge in [0.15, 0.2) is 0 Å². The molecule has 0 N–H and O–H groups in total. The van der Waals surface area contributed by atoms with Gasteiger partial charge in [-0.15, -0.1) is 0 Å². The average Bonchev–Trinajstić information content (AvgIpc) is 2.42. The molecule has 1 nitrogen and oxygen atoms in total. The van der Waals surface area contributed by atoms with Crippen LogP contribution in [0.4, 0.5) is 4.39 Å². The lowest BCUT2D eigenvalue weighted by Gasteiger charge is -2.15. The second kappa shape index (κ2) is 3.44. The summed E-state index contributed by atoms with van der Waals surface area (Å²) in [7, 11) is 0. The van der Waals surface area contributed by atoms with Gasteiger partial charge < -0.3 is 0 Å². The fourth-order valence-corrected chi connectivity index (χ4v) is 2.27. The summed E-state index contributed by atoms with van der Waals surface area (Å²) in [5, 5.41) is 0. The Morgan fingerprint density at radius 2 is 1.87 bits per heavy atom. The lowest BCUT2D eigenvalue weighted by Crippen LogP contribution is -2.15. The number of carbonyl (C=O) groups is 1. The summed E-state index contributed by atoms with van der Waals surface area (Å²) in [6, 6.07) is 6.50. The molecule has 1 saturated carbocycles. The minimum Gasteiger partial charge on any atom is -0.299 e. The summed E-state index contributed by atoms with van der Waals surface area (Å²) < 4.78 is 12.7. The first-order valence-electron chi connectivity index (χ1n) is 5.28. The van der Waals surface area contributed by atoms with Gasteiger partial charge in [0.1, 0.15) is 11.6 Å². The summed E-state index contributed by atoms with van der Waals surface area (Å²) in [6.45, 7) is 3.97. The van der Waals surface area contributed by atoms with Crippen molar-refractivity contribution in [3.8, 4) is 0 Å². The number of hydrogen-bond donors (Lipinski definition) is 0. The van der Waals surface area contributed by atoms with E-state index in [4.69, 9.17) is 0 Å². The highest BCUT2D eigenvalue weighted by atomic mass is 19.1. The van der Waals surface area contributed by atoms with Crippen molar-refractivity contribution in [2.75, 3.05) is 0 Å². The number of hydrogen-bond acceptors (Lipinski definition) is 1. The zero-order valence-electron chi connectivity index (χ0n) is 9.09. The van der Waals surface area contributed by atoms with Crippen LogP contribution in [0.25, 0.3) is 0 Å². The van der Waals surface area contributed by atoms with Crippen molar-refractivity contribution >= 4 is 5.78 Å². The first kappa shape index (κ1) is 10.3. The molecule has 0 aromatic heterocycles. The SMILES string of the molecule is CC1(C)CC(c2ccc(F)cc2)CC1=O. The van der Waals surface area contributed by atoms with Crippen LogP contribution in [-0.2, 0) is 4.79 Å². The third-order valence-electron chi connectivity index (χ3n) is 3.28. The van der Waals surface area contributed by atoms with Crippen LogP contribution in [0, 0.1) is 11.2 Å². The van der Waals surface area contributed by atoms with Crippen molar-refractivity contribution < 1.29 is 9.18 Å². The van der Waals surface area contributed by atoms with Crippen molar-refractivity contribution in [1.29, 1.82) is 0 Å². The lowest BCUT2D eigenvalue weighted by molar-refractivity contribution is -0.124. The van der Waals surface area contributed by atoms with Gasteiger partial charge in [0.05, 0.1) is 0 Å². The summed E-state index contributed by atoms with van der Waals surface area (Å²) in [4.78, 5) is 11.7. The van der Waals surface area contributed by atoms with Gasteiger partial charge >= 0.3 is 0 Å². The molecule has 0 saturated heterocycles. The maximum absolute atomic E-state index is 12.7. The highest BCUT2D eigenvalue weighted by molar-refractivity contribution is 5.87. The molecule has 1 atom stereocenters. The molecule has 1 aliphatic carbocycles. The molecule has 0 heterocycles. The van der Waals surface area contributed by atoms with Gasteiger partial charge in [-0.3, -0.25) is 4.79 Å². The Balaban J connectivity index is 2.21. The van der Waals surface area contributed by atoms with Crippen LogP contribution in [0.5, 0.6) is 0 Å². The molecule has 0 spiro atoms. The summed E-state index contributed by atoms with van der Waals surface area (Å²) in [6.07, 6.45) is 1.47. The Morgan fingerprint density at radius 3 is 2.33 bits per heavy atom. The minimum atomic E-state index is -0.220. The summed E-state index contributed by atoms with van der Waals surface area (Å²) >= 11 is 0. The van der Waals surface area contributed by atoms with E-state index >= 15 is 0 Å². The molecule has 1 unspecified atom stereocenters. The van der Waals surface area contributed by atoms with E-state index < -0.39 is 0 Å². The Hall–Kier alpha value is -1.18.